The Morgan fingerprint density at radius 3 is 2.67 bits per heavy atom. The zero-order valence-electron chi connectivity index (χ0n) is 14.3. The number of hydrogen-bond acceptors (Lipinski definition) is 4. The summed E-state index contributed by atoms with van der Waals surface area (Å²) in [5.74, 6) is 0.647. The summed E-state index contributed by atoms with van der Waals surface area (Å²) in [6, 6.07) is 3.18. The molecule has 0 radical (unpaired) electrons. The molecule has 1 saturated heterocycles. The minimum atomic E-state index is -3.43. The van der Waals surface area contributed by atoms with E-state index in [4.69, 9.17) is 0 Å². The minimum absolute atomic E-state index is 0.0432. The number of likely N-dealkylation sites (tertiary alicyclic amines) is 1. The third kappa shape index (κ3) is 5.75. The van der Waals surface area contributed by atoms with Crippen LogP contribution in [0.2, 0.25) is 0 Å². The lowest BCUT2D eigenvalue weighted by molar-refractivity contribution is 0.179. The summed E-state index contributed by atoms with van der Waals surface area (Å²) < 4.78 is 27.5. The fourth-order valence-corrected chi connectivity index (χ4v) is 5.03. The van der Waals surface area contributed by atoms with Gasteiger partial charge in [-0.15, -0.1) is 11.3 Å². The van der Waals surface area contributed by atoms with Crippen LogP contribution in [0.3, 0.4) is 0 Å². The van der Waals surface area contributed by atoms with Gasteiger partial charge in [-0.2, -0.15) is 0 Å². The van der Waals surface area contributed by atoms with E-state index in [1.54, 1.807) is 22.4 Å². The third-order valence-corrected chi connectivity index (χ3v) is 7.02. The Kier molecular flexibility index (Phi) is 7.06. The zero-order chi connectivity index (χ0) is 17.6. The van der Waals surface area contributed by atoms with Crippen molar-refractivity contribution in [2.24, 2.45) is 5.92 Å². The van der Waals surface area contributed by atoms with E-state index in [1.807, 2.05) is 0 Å². The molecule has 0 atom stereocenters. The van der Waals surface area contributed by atoms with Crippen LogP contribution in [0.4, 0.5) is 4.79 Å². The highest BCUT2D eigenvalue weighted by Crippen LogP contribution is 2.18. The van der Waals surface area contributed by atoms with Crippen molar-refractivity contribution in [2.45, 2.75) is 49.8 Å². The van der Waals surface area contributed by atoms with Crippen molar-refractivity contribution in [2.75, 3.05) is 19.6 Å². The number of carbonyl (C=O) groups excluding carboxylic acids is 1. The first-order valence-corrected chi connectivity index (χ1v) is 10.8. The van der Waals surface area contributed by atoms with Crippen molar-refractivity contribution in [3.8, 4) is 0 Å². The monoisotopic (exact) mass is 373 g/mol. The SMILES string of the molecule is CC(C)CCCNC(=O)N1CCC(NS(=O)(=O)c2cccs2)CC1. The Labute approximate surface area is 148 Å². The van der Waals surface area contributed by atoms with E-state index in [0.29, 0.717) is 42.6 Å². The fraction of sp³-hybridized carbons (Fsp3) is 0.688. The molecule has 0 aliphatic carbocycles. The molecule has 1 aromatic heterocycles. The number of nitrogens with one attached hydrogen (secondary N) is 2. The topological polar surface area (TPSA) is 78.5 Å². The molecule has 1 fully saturated rings. The number of amides is 2. The van der Waals surface area contributed by atoms with Gasteiger partial charge in [0.15, 0.2) is 0 Å². The van der Waals surface area contributed by atoms with Crippen LogP contribution >= 0.6 is 11.3 Å². The van der Waals surface area contributed by atoms with Crippen LogP contribution in [0.25, 0.3) is 0 Å². The van der Waals surface area contributed by atoms with E-state index in [-0.39, 0.29) is 12.1 Å². The van der Waals surface area contributed by atoms with Crippen molar-refractivity contribution in [1.82, 2.24) is 14.9 Å². The minimum Gasteiger partial charge on any atom is -0.338 e. The number of hydrogen-bond donors (Lipinski definition) is 2. The lowest BCUT2D eigenvalue weighted by Gasteiger charge is -2.32. The average molecular weight is 374 g/mol. The number of nitrogens with zero attached hydrogens (tertiary/aromatic N) is 1. The summed E-state index contributed by atoms with van der Waals surface area (Å²) in [4.78, 5) is 13.9. The fourth-order valence-electron chi connectivity index (χ4n) is 2.71. The van der Waals surface area contributed by atoms with E-state index < -0.39 is 10.0 Å². The molecule has 0 aromatic carbocycles. The zero-order valence-corrected chi connectivity index (χ0v) is 16.0. The number of piperidine rings is 1. The predicted molar refractivity (Wildman–Crippen MR) is 96.7 cm³/mol. The van der Waals surface area contributed by atoms with Gasteiger partial charge in [0, 0.05) is 25.7 Å². The van der Waals surface area contributed by atoms with E-state index in [0.717, 1.165) is 12.8 Å². The summed E-state index contributed by atoms with van der Waals surface area (Å²) in [5.41, 5.74) is 0. The molecule has 0 bridgehead atoms. The molecule has 1 aromatic rings. The number of thiophene rings is 1. The smallest absolute Gasteiger partial charge is 0.317 e. The van der Waals surface area contributed by atoms with Gasteiger partial charge in [-0.1, -0.05) is 19.9 Å². The molecule has 24 heavy (non-hydrogen) atoms. The summed E-state index contributed by atoms with van der Waals surface area (Å²) in [6.45, 7) is 6.19. The Bertz CT molecular complexity index is 607. The van der Waals surface area contributed by atoms with Gasteiger partial charge in [0.2, 0.25) is 10.0 Å². The summed E-state index contributed by atoms with van der Waals surface area (Å²) in [6.07, 6.45) is 3.38. The van der Waals surface area contributed by atoms with Crippen molar-refractivity contribution in [3.05, 3.63) is 17.5 Å². The van der Waals surface area contributed by atoms with E-state index in [1.165, 1.54) is 11.3 Å². The molecule has 1 aliphatic rings. The number of urea groups is 1. The van der Waals surface area contributed by atoms with Crippen LogP contribution in [-0.4, -0.2) is 45.0 Å². The lowest BCUT2D eigenvalue weighted by atomic mass is 10.1. The molecule has 6 nitrogen and oxygen atoms in total. The van der Waals surface area contributed by atoms with Gasteiger partial charge in [-0.05, 0) is 43.0 Å². The Hall–Kier alpha value is -1.12. The third-order valence-electron chi connectivity index (χ3n) is 4.10. The van der Waals surface area contributed by atoms with Crippen LogP contribution in [0.5, 0.6) is 0 Å². The first-order valence-electron chi connectivity index (χ1n) is 8.47. The molecule has 8 heteroatoms. The first kappa shape index (κ1) is 19.2. The van der Waals surface area contributed by atoms with Gasteiger partial charge < -0.3 is 10.2 Å². The molecular weight excluding hydrogens is 346 g/mol. The van der Waals surface area contributed by atoms with Crippen LogP contribution in [0.1, 0.15) is 39.5 Å². The highest BCUT2D eigenvalue weighted by Gasteiger charge is 2.26. The van der Waals surface area contributed by atoms with E-state index in [9.17, 15) is 13.2 Å². The number of rotatable bonds is 7. The average Bonchev–Trinajstić information content (AvgIpc) is 3.07. The standard InChI is InChI=1S/C16H27N3O3S2/c1-13(2)5-3-9-17-16(20)19-10-7-14(8-11-19)18-24(21,22)15-6-4-12-23-15/h4,6,12-14,18H,3,5,7-11H2,1-2H3,(H,17,20). The quantitative estimate of drug-likeness (QED) is 0.721. The number of carbonyl (C=O) groups is 1. The molecule has 2 N–H and O–H groups in total. The molecule has 2 amide bonds. The molecule has 0 saturated carbocycles. The van der Waals surface area contributed by atoms with Crippen molar-refractivity contribution in [1.29, 1.82) is 0 Å². The van der Waals surface area contributed by atoms with Gasteiger partial charge in [0.05, 0.1) is 0 Å². The second-order valence-corrected chi connectivity index (χ2v) is 9.47. The molecule has 0 unspecified atom stereocenters. The largest absolute Gasteiger partial charge is 0.338 e. The Morgan fingerprint density at radius 2 is 2.08 bits per heavy atom. The highest BCUT2D eigenvalue weighted by molar-refractivity contribution is 7.91. The maximum absolute atomic E-state index is 12.2. The highest BCUT2D eigenvalue weighted by atomic mass is 32.2. The van der Waals surface area contributed by atoms with Crippen molar-refractivity contribution in [3.63, 3.8) is 0 Å². The molecule has 136 valence electrons. The summed E-state index contributed by atoms with van der Waals surface area (Å²) in [7, 11) is -3.43. The maximum Gasteiger partial charge on any atom is 0.317 e. The van der Waals surface area contributed by atoms with Crippen LogP contribution in [0, 0.1) is 5.92 Å². The second kappa shape index (κ2) is 8.82. The van der Waals surface area contributed by atoms with Crippen LogP contribution in [-0.2, 0) is 10.0 Å². The summed E-state index contributed by atoms with van der Waals surface area (Å²) in [5, 5.41) is 4.69. The lowest BCUT2D eigenvalue weighted by Crippen LogP contribution is -2.49. The van der Waals surface area contributed by atoms with Gasteiger partial charge in [-0.3, -0.25) is 0 Å². The Morgan fingerprint density at radius 1 is 1.38 bits per heavy atom. The van der Waals surface area contributed by atoms with Crippen LogP contribution < -0.4 is 10.0 Å². The second-order valence-electron chi connectivity index (χ2n) is 6.58. The summed E-state index contributed by atoms with van der Waals surface area (Å²) >= 11 is 1.21. The first-order chi connectivity index (χ1) is 11.4. The van der Waals surface area contributed by atoms with Gasteiger partial charge >= 0.3 is 6.03 Å². The van der Waals surface area contributed by atoms with Gasteiger partial charge in [0.1, 0.15) is 4.21 Å². The molecule has 2 heterocycles. The normalized spacial score (nSPS) is 16.5. The van der Waals surface area contributed by atoms with Crippen molar-refractivity contribution < 1.29 is 13.2 Å². The molecular formula is C16H27N3O3S2. The molecule has 1 aliphatic heterocycles. The van der Waals surface area contributed by atoms with Crippen LogP contribution in [0.15, 0.2) is 21.7 Å². The predicted octanol–water partition coefficient (Wildman–Crippen LogP) is 2.64. The van der Waals surface area contributed by atoms with E-state index in [2.05, 4.69) is 23.9 Å². The van der Waals surface area contributed by atoms with Gasteiger partial charge in [0.25, 0.3) is 0 Å². The van der Waals surface area contributed by atoms with E-state index >= 15 is 0 Å². The molecule has 0 spiro atoms. The molecule has 2 rings (SSSR count). The maximum atomic E-state index is 12.2. The van der Waals surface area contributed by atoms with Crippen molar-refractivity contribution >= 4 is 27.4 Å². The Balaban J connectivity index is 1.72. The van der Waals surface area contributed by atoms with Gasteiger partial charge in [-0.25, -0.2) is 17.9 Å². The number of sulfonamides is 1.